The Morgan fingerprint density at radius 2 is 1.30 bits per heavy atom. The molecule has 2 rings (SSSR count). The third-order valence-electron chi connectivity index (χ3n) is 4.64. The lowest BCUT2D eigenvalue weighted by atomic mass is 10.3. The first-order chi connectivity index (χ1) is 12.8. The summed E-state index contributed by atoms with van der Waals surface area (Å²) in [6.45, 7) is 23.4. The van der Waals surface area contributed by atoms with E-state index in [1.54, 1.807) is 0 Å². The van der Waals surface area contributed by atoms with Crippen LogP contribution >= 0.6 is 0 Å². The van der Waals surface area contributed by atoms with Crippen LogP contribution < -0.4 is 14.7 Å². The maximum atomic E-state index is 4.82. The Morgan fingerprint density at radius 1 is 0.852 bits per heavy atom. The highest BCUT2D eigenvalue weighted by molar-refractivity contribution is 5.48. The lowest BCUT2D eigenvalue weighted by molar-refractivity contribution is 0.311. The second kappa shape index (κ2) is 9.69. The third-order valence-corrected chi connectivity index (χ3v) is 4.64. The van der Waals surface area contributed by atoms with Gasteiger partial charge in [-0.05, 0) is 34.7 Å². The molecule has 1 saturated heterocycles. The minimum absolute atomic E-state index is 0.722. The number of piperazine rings is 1. The van der Waals surface area contributed by atoms with E-state index in [4.69, 9.17) is 15.0 Å². The summed E-state index contributed by atoms with van der Waals surface area (Å²) >= 11 is 0. The summed E-state index contributed by atoms with van der Waals surface area (Å²) in [7, 11) is 2.15. The summed E-state index contributed by atoms with van der Waals surface area (Å²) < 4.78 is 0. The molecule has 0 atom stereocenters. The Morgan fingerprint density at radius 3 is 1.67 bits per heavy atom. The van der Waals surface area contributed by atoms with E-state index in [2.05, 4.69) is 53.7 Å². The van der Waals surface area contributed by atoms with Crippen LogP contribution in [-0.2, 0) is 0 Å². The summed E-state index contributed by atoms with van der Waals surface area (Å²) in [5.74, 6) is 2.21. The first-order valence-electron chi connectivity index (χ1n) is 9.82. The van der Waals surface area contributed by atoms with Gasteiger partial charge in [-0.3, -0.25) is 0 Å². The molecule has 0 saturated carbocycles. The number of hydrogen-bond acceptors (Lipinski definition) is 7. The second-order valence-corrected chi connectivity index (χ2v) is 7.47. The highest BCUT2D eigenvalue weighted by Crippen LogP contribution is 2.21. The molecule has 0 bridgehead atoms. The summed E-state index contributed by atoms with van der Waals surface area (Å²) in [4.78, 5) is 23.4. The standard InChI is InChI=1S/C20H35N7/c1-8-25(14-16(3)4)18-21-19(26(9-2)15-17(5)6)23-20(22-18)27-12-10-24(7)11-13-27/h3,5,8-15H2,1-2,4,6-7H3. The molecule has 1 fully saturated rings. The van der Waals surface area contributed by atoms with Gasteiger partial charge in [0.05, 0.1) is 0 Å². The molecule has 0 aliphatic carbocycles. The van der Waals surface area contributed by atoms with Crippen LogP contribution in [0.25, 0.3) is 0 Å². The Hall–Kier alpha value is -2.15. The average Bonchev–Trinajstić information content (AvgIpc) is 2.64. The van der Waals surface area contributed by atoms with Crippen LogP contribution in [-0.4, -0.2) is 79.3 Å². The number of rotatable bonds is 9. The molecule has 0 spiro atoms. The lowest BCUT2D eigenvalue weighted by Crippen LogP contribution is -2.45. The van der Waals surface area contributed by atoms with Crippen LogP contribution in [0.5, 0.6) is 0 Å². The van der Waals surface area contributed by atoms with Gasteiger partial charge in [0.15, 0.2) is 0 Å². The maximum absolute atomic E-state index is 4.82. The molecule has 0 aromatic carbocycles. The summed E-state index contributed by atoms with van der Waals surface area (Å²) in [6.07, 6.45) is 0. The number of likely N-dealkylation sites (N-methyl/N-ethyl adjacent to an activating group) is 3. The molecule has 1 aromatic heterocycles. The highest BCUT2D eigenvalue weighted by atomic mass is 15.4. The summed E-state index contributed by atoms with van der Waals surface area (Å²) in [6, 6.07) is 0. The fourth-order valence-corrected chi connectivity index (χ4v) is 3.07. The minimum Gasteiger partial charge on any atom is -0.338 e. The molecule has 27 heavy (non-hydrogen) atoms. The molecular formula is C20H35N7. The van der Waals surface area contributed by atoms with E-state index >= 15 is 0 Å². The molecule has 0 unspecified atom stereocenters. The number of anilines is 3. The monoisotopic (exact) mass is 373 g/mol. The van der Waals surface area contributed by atoms with Crippen molar-refractivity contribution in [2.75, 3.05) is 74.1 Å². The topological polar surface area (TPSA) is 51.6 Å². The second-order valence-electron chi connectivity index (χ2n) is 7.47. The molecule has 7 nitrogen and oxygen atoms in total. The van der Waals surface area contributed by atoms with Gasteiger partial charge in [-0.1, -0.05) is 24.3 Å². The van der Waals surface area contributed by atoms with Gasteiger partial charge in [0, 0.05) is 52.4 Å². The van der Waals surface area contributed by atoms with Crippen molar-refractivity contribution < 1.29 is 0 Å². The molecule has 0 radical (unpaired) electrons. The van der Waals surface area contributed by atoms with Crippen LogP contribution in [0.1, 0.15) is 27.7 Å². The van der Waals surface area contributed by atoms with Crippen molar-refractivity contribution in [3.05, 3.63) is 24.3 Å². The van der Waals surface area contributed by atoms with E-state index in [9.17, 15) is 0 Å². The van der Waals surface area contributed by atoms with Gasteiger partial charge in [0.25, 0.3) is 0 Å². The number of aromatic nitrogens is 3. The first-order valence-corrected chi connectivity index (χ1v) is 9.82. The van der Waals surface area contributed by atoms with Crippen molar-refractivity contribution in [3.8, 4) is 0 Å². The third kappa shape index (κ3) is 5.92. The van der Waals surface area contributed by atoms with E-state index in [0.717, 1.165) is 81.3 Å². The van der Waals surface area contributed by atoms with E-state index < -0.39 is 0 Å². The smallest absolute Gasteiger partial charge is 0.232 e. The van der Waals surface area contributed by atoms with Gasteiger partial charge in [0.2, 0.25) is 17.8 Å². The highest BCUT2D eigenvalue weighted by Gasteiger charge is 2.22. The van der Waals surface area contributed by atoms with E-state index in [-0.39, 0.29) is 0 Å². The molecular weight excluding hydrogens is 338 g/mol. The first kappa shape index (κ1) is 21.2. The van der Waals surface area contributed by atoms with Crippen LogP contribution in [0.3, 0.4) is 0 Å². The van der Waals surface area contributed by atoms with Gasteiger partial charge in [-0.2, -0.15) is 15.0 Å². The van der Waals surface area contributed by atoms with Crippen molar-refractivity contribution in [2.24, 2.45) is 0 Å². The maximum Gasteiger partial charge on any atom is 0.232 e. The van der Waals surface area contributed by atoms with Crippen LogP contribution in [0, 0.1) is 0 Å². The van der Waals surface area contributed by atoms with E-state index in [1.807, 2.05) is 13.8 Å². The predicted octanol–water partition coefficient (Wildman–Crippen LogP) is 2.43. The van der Waals surface area contributed by atoms with Crippen molar-refractivity contribution in [2.45, 2.75) is 27.7 Å². The van der Waals surface area contributed by atoms with Crippen molar-refractivity contribution in [1.82, 2.24) is 19.9 Å². The Balaban J connectivity index is 2.42. The van der Waals surface area contributed by atoms with Crippen LogP contribution in [0.15, 0.2) is 24.3 Å². The van der Waals surface area contributed by atoms with Crippen molar-refractivity contribution >= 4 is 17.8 Å². The Labute approximate surface area is 164 Å². The molecule has 0 amide bonds. The quantitative estimate of drug-likeness (QED) is 0.616. The zero-order valence-corrected chi connectivity index (χ0v) is 17.7. The van der Waals surface area contributed by atoms with E-state index in [0.29, 0.717) is 0 Å². The van der Waals surface area contributed by atoms with Gasteiger partial charge in [-0.25, -0.2) is 0 Å². The molecule has 0 N–H and O–H groups in total. The van der Waals surface area contributed by atoms with Crippen molar-refractivity contribution in [3.63, 3.8) is 0 Å². The van der Waals surface area contributed by atoms with Gasteiger partial charge in [-0.15, -0.1) is 0 Å². The minimum atomic E-state index is 0.722. The lowest BCUT2D eigenvalue weighted by Gasteiger charge is -2.33. The molecule has 2 heterocycles. The van der Waals surface area contributed by atoms with Gasteiger partial charge in [0.1, 0.15) is 0 Å². The Kier molecular flexibility index (Phi) is 7.59. The van der Waals surface area contributed by atoms with E-state index in [1.165, 1.54) is 0 Å². The Bertz CT molecular complexity index is 607. The predicted molar refractivity (Wildman–Crippen MR) is 115 cm³/mol. The summed E-state index contributed by atoms with van der Waals surface area (Å²) in [5, 5.41) is 0. The molecule has 150 valence electrons. The fourth-order valence-electron chi connectivity index (χ4n) is 3.07. The van der Waals surface area contributed by atoms with Gasteiger partial charge < -0.3 is 19.6 Å². The van der Waals surface area contributed by atoms with Gasteiger partial charge >= 0.3 is 0 Å². The number of nitrogens with zero attached hydrogens (tertiary/aromatic N) is 7. The fraction of sp³-hybridized carbons (Fsp3) is 0.650. The number of hydrogen-bond donors (Lipinski definition) is 0. The zero-order valence-electron chi connectivity index (χ0n) is 17.7. The SMILES string of the molecule is C=C(C)CN(CC)c1nc(N2CCN(C)CC2)nc(N(CC)CC(=C)C)n1. The average molecular weight is 374 g/mol. The van der Waals surface area contributed by atoms with Crippen molar-refractivity contribution in [1.29, 1.82) is 0 Å². The normalized spacial score (nSPS) is 14.9. The van der Waals surface area contributed by atoms with Crippen LogP contribution in [0.4, 0.5) is 17.8 Å². The molecule has 7 heteroatoms. The zero-order chi connectivity index (χ0) is 20.0. The molecule has 1 aromatic rings. The molecule has 1 aliphatic rings. The summed E-state index contributed by atoms with van der Waals surface area (Å²) in [5.41, 5.74) is 2.18. The van der Waals surface area contributed by atoms with Crippen LogP contribution in [0.2, 0.25) is 0 Å². The largest absolute Gasteiger partial charge is 0.338 e. The molecule has 1 aliphatic heterocycles.